The lowest BCUT2D eigenvalue weighted by atomic mass is 10.1. The number of oxazole rings is 1. The predicted molar refractivity (Wildman–Crippen MR) is 68.4 cm³/mol. The van der Waals surface area contributed by atoms with Crippen molar-refractivity contribution in [1.82, 2.24) is 4.98 Å². The van der Waals surface area contributed by atoms with Crippen LogP contribution < -0.4 is 4.74 Å². The smallest absolute Gasteiger partial charge is 0.394 e. The molecule has 1 saturated carbocycles. The first-order valence-corrected chi connectivity index (χ1v) is 6.49. The van der Waals surface area contributed by atoms with Crippen LogP contribution in [-0.2, 0) is 0 Å². The van der Waals surface area contributed by atoms with Gasteiger partial charge in [-0.25, -0.2) is 4.79 Å². The molecule has 5 nitrogen and oxygen atoms in total. The molecule has 5 heteroatoms. The van der Waals surface area contributed by atoms with Crippen LogP contribution in [0.15, 0.2) is 22.6 Å². The molecule has 100 valence electrons. The number of benzene rings is 1. The highest BCUT2D eigenvalue weighted by Crippen LogP contribution is 2.27. The Bertz CT molecular complexity index is 599. The maximum absolute atomic E-state index is 10.9. The summed E-state index contributed by atoms with van der Waals surface area (Å²) in [6.45, 7) is 0.624. The Morgan fingerprint density at radius 2 is 2.21 bits per heavy atom. The Morgan fingerprint density at radius 1 is 1.42 bits per heavy atom. The van der Waals surface area contributed by atoms with E-state index in [0.717, 1.165) is 0 Å². The van der Waals surface area contributed by atoms with Gasteiger partial charge in [0, 0.05) is 0 Å². The zero-order valence-corrected chi connectivity index (χ0v) is 10.5. The predicted octanol–water partition coefficient (Wildman–Crippen LogP) is 3.10. The Labute approximate surface area is 110 Å². The van der Waals surface area contributed by atoms with Gasteiger partial charge in [-0.05, 0) is 37.0 Å². The third kappa shape index (κ3) is 2.54. The SMILES string of the molecule is O=C(O)c1ccc2nc(OCC3CCCC3)oc2c1. The number of carboxylic acid groups (broad SMARTS) is 1. The van der Waals surface area contributed by atoms with Gasteiger partial charge in [0.2, 0.25) is 0 Å². The van der Waals surface area contributed by atoms with Gasteiger partial charge in [0.15, 0.2) is 5.58 Å². The van der Waals surface area contributed by atoms with Gasteiger partial charge in [-0.3, -0.25) is 0 Å². The van der Waals surface area contributed by atoms with Crippen LogP contribution in [0.4, 0.5) is 0 Å². The third-order valence-corrected chi connectivity index (χ3v) is 3.53. The molecule has 0 bridgehead atoms. The summed E-state index contributed by atoms with van der Waals surface area (Å²) in [6, 6.07) is 4.60. The first kappa shape index (κ1) is 12.0. The van der Waals surface area contributed by atoms with E-state index in [1.165, 1.54) is 37.8 Å². The van der Waals surface area contributed by atoms with E-state index in [-0.39, 0.29) is 11.6 Å². The fourth-order valence-electron chi connectivity index (χ4n) is 2.46. The number of ether oxygens (including phenoxy) is 1. The molecule has 0 radical (unpaired) electrons. The fourth-order valence-corrected chi connectivity index (χ4v) is 2.46. The number of hydrogen-bond donors (Lipinski definition) is 1. The molecular formula is C14H15NO4. The average molecular weight is 261 g/mol. The van der Waals surface area contributed by atoms with Crippen molar-refractivity contribution in [3.05, 3.63) is 23.8 Å². The van der Waals surface area contributed by atoms with Gasteiger partial charge in [0.25, 0.3) is 0 Å². The van der Waals surface area contributed by atoms with Gasteiger partial charge < -0.3 is 14.3 Å². The molecule has 1 aliphatic carbocycles. The molecule has 0 unspecified atom stereocenters. The molecule has 1 fully saturated rings. The highest BCUT2D eigenvalue weighted by molar-refractivity contribution is 5.91. The maximum atomic E-state index is 10.9. The van der Waals surface area contributed by atoms with Crippen molar-refractivity contribution >= 4 is 17.1 Å². The van der Waals surface area contributed by atoms with Crippen molar-refractivity contribution in [1.29, 1.82) is 0 Å². The number of carbonyl (C=O) groups is 1. The van der Waals surface area contributed by atoms with Crippen molar-refractivity contribution in [3.8, 4) is 6.08 Å². The quantitative estimate of drug-likeness (QED) is 0.915. The zero-order valence-electron chi connectivity index (χ0n) is 10.5. The van der Waals surface area contributed by atoms with E-state index in [9.17, 15) is 4.79 Å². The number of aromatic carboxylic acids is 1. The van der Waals surface area contributed by atoms with Crippen LogP contribution in [0, 0.1) is 5.92 Å². The molecule has 1 aromatic heterocycles. The summed E-state index contributed by atoms with van der Waals surface area (Å²) in [5.74, 6) is -0.392. The minimum absolute atomic E-state index is 0.186. The molecular weight excluding hydrogens is 246 g/mol. The first-order valence-electron chi connectivity index (χ1n) is 6.49. The Hall–Kier alpha value is -2.04. The van der Waals surface area contributed by atoms with Crippen molar-refractivity contribution in [2.24, 2.45) is 5.92 Å². The largest absolute Gasteiger partial charge is 0.478 e. The van der Waals surface area contributed by atoms with Crippen LogP contribution in [0.2, 0.25) is 0 Å². The lowest BCUT2D eigenvalue weighted by Crippen LogP contribution is -2.07. The van der Waals surface area contributed by atoms with Gasteiger partial charge in [-0.15, -0.1) is 0 Å². The number of carboxylic acids is 1. The van der Waals surface area contributed by atoms with Crippen LogP contribution in [0.5, 0.6) is 6.08 Å². The van der Waals surface area contributed by atoms with Crippen molar-refractivity contribution in [2.45, 2.75) is 25.7 Å². The van der Waals surface area contributed by atoms with Gasteiger partial charge in [-0.2, -0.15) is 4.98 Å². The third-order valence-electron chi connectivity index (χ3n) is 3.53. The summed E-state index contributed by atoms with van der Waals surface area (Å²) in [7, 11) is 0. The molecule has 1 heterocycles. The second-order valence-corrected chi connectivity index (χ2v) is 4.93. The highest BCUT2D eigenvalue weighted by atomic mass is 16.6. The summed E-state index contributed by atoms with van der Waals surface area (Å²) in [5.41, 5.74) is 1.25. The lowest BCUT2D eigenvalue weighted by Gasteiger charge is -2.07. The summed E-state index contributed by atoms with van der Waals surface area (Å²) >= 11 is 0. The number of aromatic nitrogens is 1. The number of fused-ring (bicyclic) bond motifs is 1. The zero-order chi connectivity index (χ0) is 13.2. The molecule has 1 aliphatic rings. The monoisotopic (exact) mass is 261 g/mol. The molecule has 0 saturated heterocycles. The number of rotatable bonds is 4. The van der Waals surface area contributed by atoms with Crippen molar-refractivity contribution < 1.29 is 19.1 Å². The minimum Gasteiger partial charge on any atom is -0.478 e. The Morgan fingerprint density at radius 3 is 2.95 bits per heavy atom. The van der Waals surface area contributed by atoms with Gasteiger partial charge >= 0.3 is 12.0 Å². The van der Waals surface area contributed by atoms with Gasteiger partial charge in [0.05, 0.1) is 12.2 Å². The average Bonchev–Trinajstić information content (AvgIpc) is 3.04. The van der Waals surface area contributed by atoms with E-state index in [1.54, 1.807) is 6.07 Å². The van der Waals surface area contributed by atoms with Crippen molar-refractivity contribution in [3.63, 3.8) is 0 Å². The topological polar surface area (TPSA) is 72.6 Å². The first-order chi connectivity index (χ1) is 9.22. The van der Waals surface area contributed by atoms with E-state index in [2.05, 4.69) is 4.98 Å². The molecule has 0 aliphatic heterocycles. The van der Waals surface area contributed by atoms with E-state index in [0.29, 0.717) is 23.6 Å². The standard InChI is InChI=1S/C14H15NO4/c16-13(17)10-5-6-11-12(7-10)19-14(15-11)18-8-9-3-1-2-4-9/h5-7,9H,1-4,8H2,(H,16,17). The molecule has 0 spiro atoms. The molecule has 1 N–H and O–H groups in total. The second kappa shape index (κ2) is 4.91. The Kier molecular flexibility index (Phi) is 3.11. The summed E-state index contributed by atoms with van der Waals surface area (Å²) in [6.07, 6.45) is 5.16. The molecule has 19 heavy (non-hydrogen) atoms. The fraction of sp³-hybridized carbons (Fsp3) is 0.429. The summed E-state index contributed by atoms with van der Waals surface area (Å²) < 4.78 is 11.0. The van der Waals surface area contributed by atoms with E-state index >= 15 is 0 Å². The molecule has 0 atom stereocenters. The van der Waals surface area contributed by atoms with E-state index < -0.39 is 5.97 Å². The van der Waals surface area contributed by atoms with Crippen LogP contribution >= 0.6 is 0 Å². The molecule has 0 amide bonds. The summed E-state index contributed by atoms with van der Waals surface area (Å²) in [4.78, 5) is 15.1. The van der Waals surface area contributed by atoms with Crippen LogP contribution in [0.1, 0.15) is 36.0 Å². The normalized spacial score (nSPS) is 16.0. The summed E-state index contributed by atoms with van der Waals surface area (Å²) in [5, 5.41) is 8.90. The van der Waals surface area contributed by atoms with Crippen LogP contribution in [-0.4, -0.2) is 22.7 Å². The van der Waals surface area contributed by atoms with Crippen LogP contribution in [0.3, 0.4) is 0 Å². The van der Waals surface area contributed by atoms with Crippen LogP contribution in [0.25, 0.3) is 11.1 Å². The lowest BCUT2D eigenvalue weighted by molar-refractivity contribution is 0.0697. The van der Waals surface area contributed by atoms with Gasteiger partial charge in [-0.1, -0.05) is 12.8 Å². The molecule has 2 aromatic rings. The number of hydrogen-bond acceptors (Lipinski definition) is 4. The second-order valence-electron chi connectivity index (χ2n) is 4.93. The minimum atomic E-state index is -0.980. The van der Waals surface area contributed by atoms with E-state index in [4.69, 9.17) is 14.3 Å². The van der Waals surface area contributed by atoms with Crippen molar-refractivity contribution in [2.75, 3.05) is 6.61 Å². The molecule has 3 rings (SSSR count). The molecule has 1 aromatic carbocycles. The highest BCUT2D eigenvalue weighted by Gasteiger charge is 2.17. The Balaban J connectivity index is 1.75. The van der Waals surface area contributed by atoms with E-state index in [1.807, 2.05) is 0 Å². The maximum Gasteiger partial charge on any atom is 0.394 e. The number of nitrogens with zero attached hydrogens (tertiary/aromatic N) is 1. The van der Waals surface area contributed by atoms with Gasteiger partial charge in [0.1, 0.15) is 5.52 Å².